The summed E-state index contributed by atoms with van der Waals surface area (Å²) < 4.78 is 4.64. The molecule has 0 saturated carbocycles. The molecule has 7 heteroatoms. The van der Waals surface area contributed by atoms with E-state index in [0.717, 1.165) is 16.5 Å². The summed E-state index contributed by atoms with van der Waals surface area (Å²) in [7, 11) is 4.87. The fourth-order valence-corrected chi connectivity index (χ4v) is 3.14. The molecular formula is C13H20N2O3S2. The van der Waals surface area contributed by atoms with Gasteiger partial charge in [-0.25, -0.2) is 4.98 Å². The first kappa shape index (κ1) is 17.0. The van der Waals surface area contributed by atoms with Crippen molar-refractivity contribution in [3.63, 3.8) is 0 Å². The molecule has 0 radical (unpaired) electrons. The van der Waals surface area contributed by atoms with Crippen molar-refractivity contribution in [3.8, 4) is 0 Å². The second-order valence-electron chi connectivity index (χ2n) is 4.60. The number of thioether (sulfide) groups is 1. The van der Waals surface area contributed by atoms with Crippen LogP contribution in [0.25, 0.3) is 0 Å². The summed E-state index contributed by atoms with van der Waals surface area (Å²) >= 11 is 3.16. The van der Waals surface area contributed by atoms with E-state index in [-0.39, 0.29) is 17.1 Å². The summed E-state index contributed by atoms with van der Waals surface area (Å²) in [5, 5.41) is 2.99. The van der Waals surface area contributed by atoms with Crippen molar-refractivity contribution in [2.24, 2.45) is 0 Å². The third-order valence-corrected chi connectivity index (χ3v) is 4.69. The molecule has 1 aromatic rings. The highest BCUT2D eigenvalue weighted by atomic mass is 32.2. The number of ether oxygens (including phenoxy) is 1. The molecule has 0 aromatic carbocycles. The Morgan fingerprint density at radius 3 is 2.80 bits per heavy atom. The molecule has 0 bridgehead atoms. The molecule has 20 heavy (non-hydrogen) atoms. The maximum absolute atomic E-state index is 11.6. The predicted molar refractivity (Wildman–Crippen MR) is 81.9 cm³/mol. The quantitative estimate of drug-likeness (QED) is 0.720. The number of carbonyl (C=O) groups is 2. The molecule has 1 atom stereocenters. The fourth-order valence-electron chi connectivity index (χ4n) is 1.39. The summed E-state index contributed by atoms with van der Waals surface area (Å²) in [5.41, 5.74) is 0.957. The highest BCUT2D eigenvalue weighted by Gasteiger charge is 2.12. The van der Waals surface area contributed by atoms with Gasteiger partial charge in [-0.1, -0.05) is 6.92 Å². The van der Waals surface area contributed by atoms with Gasteiger partial charge in [0, 0.05) is 30.5 Å². The van der Waals surface area contributed by atoms with E-state index in [1.165, 1.54) is 18.4 Å². The molecule has 0 spiro atoms. The highest BCUT2D eigenvalue weighted by molar-refractivity contribution is 7.99. The Morgan fingerprint density at radius 1 is 1.50 bits per heavy atom. The Kier molecular flexibility index (Phi) is 7.01. The molecule has 5 nitrogen and oxygen atoms in total. The van der Waals surface area contributed by atoms with Gasteiger partial charge < -0.3 is 9.64 Å². The van der Waals surface area contributed by atoms with E-state index in [0.29, 0.717) is 12.8 Å². The van der Waals surface area contributed by atoms with Crippen molar-refractivity contribution in [1.29, 1.82) is 0 Å². The number of thiazole rings is 1. The van der Waals surface area contributed by atoms with Crippen LogP contribution in [-0.2, 0) is 26.5 Å². The molecule has 112 valence electrons. The number of amides is 1. The monoisotopic (exact) mass is 316 g/mol. The van der Waals surface area contributed by atoms with E-state index in [2.05, 4.69) is 9.72 Å². The van der Waals surface area contributed by atoms with Crippen molar-refractivity contribution in [1.82, 2.24) is 9.88 Å². The Hall–Kier alpha value is -1.08. The summed E-state index contributed by atoms with van der Waals surface area (Å²) in [4.78, 5) is 28.7. The van der Waals surface area contributed by atoms with Crippen LogP contribution in [0.2, 0.25) is 0 Å². The van der Waals surface area contributed by atoms with E-state index in [4.69, 9.17) is 0 Å². The van der Waals surface area contributed by atoms with E-state index in [9.17, 15) is 9.59 Å². The lowest BCUT2D eigenvalue weighted by Crippen LogP contribution is -2.23. The Balaban J connectivity index is 2.40. The minimum absolute atomic E-state index is 0.0533. The molecule has 0 saturated heterocycles. The summed E-state index contributed by atoms with van der Waals surface area (Å²) in [5.74, 6) is 0.600. The lowest BCUT2D eigenvalue weighted by molar-refractivity contribution is -0.140. The Morgan fingerprint density at radius 2 is 2.20 bits per heavy atom. The van der Waals surface area contributed by atoms with Gasteiger partial charge in [0.1, 0.15) is 5.01 Å². The molecule has 1 aromatic heterocycles. The smallest absolute Gasteiger partial charge is 0.306 e. The Labute approximate surface area is 127 Å². The van der Waals surface area contributed by atoms with E-state index >= 15 is 0 Å². The zero-order valence-corrected chi connectivity index (χ0v) is 13.8. The van der Waals surface area contributed by atoms with Crippen LogP contribution in [0, 0.1) is 0 Å². The first-order valence-corrected chi connectivity index (χ1v) is 8.17. The van der Waals surface area contributed by atoms with Crippen molar-refractivity contribution >= 4 is 35.0 Å². The molecule has 1 rings (SSSR count). The van der Waals surface area contributed by atoms with Crippen LogP contribution in [0.15, 0.2) is 5.38 Å². The Bertz CT molecular complexity index is 460. The molecule has 1 amide bonds. The van der Waals surface area contributed by atoms with Crippen molar-refractivity contribution < 1.29 is 14.3 Å². The first-order chi connectivity index (χ1) is 9.42. The molecule has 1 heterocycles. The van der Waals surface area contributed by atoms with E-state index in [1.807, 2.05) is 12.3 Å². The van der Waals surface area contributed by atoms with Crippen molar-refractivity contribution in [2.75, 3.05) is 21.2 Å². The van der Waals surface area contributed by atoms with Gasteiger partial charge in [-0.2, -0.15) is 11.8 Å². The average Bonchev–Trinajstić information content (AvgIpc) is 2.83. The van der Waals surface area contributed by atoms with Crippen LogP contribution in [0.3, 0.4) is 0 Å². The van der Waals surface area contributed by atoms with Crippen LogP contribution >= 0.6 is 23.1 Å². The molecule has 0 fully saturated rings. The molecule has 0 aliphatic rings. The van der Waals surface area contributed by atoms with Crippen LogP contribution in [-0.4, -0.2) is 48.2 Å². The zero-order valence-electron chi connectivity index (χ0n) is 12.2. The van der Waals surface area contributed by atoms with Crippen LogP contribution < -0.4 is 0 Å². The maximum Gasteiger partial charge on any atom is 0.306 e. The van der Waals surface area contributed by atoms with Crippen LogP contribution in [0.4, 0.5) is 0 Å². The summed E-state index contributed by atoms with van der Waals surface area (Å²) in [6, 6.07) is 0. The number of likely N-dealkylation sites (N-methyl/N-ethyl adjacent to an activating group) is 1. The second-order valence-corrected chi connectivity index (χ2v) is 6.97. The average molecular weight is 316 g/mol. The summed E-state index contributed by atoms with van der Waals surface area (Å²) in [6.45, 7) is 1.99. The van der Waals surface area contributed by atoms with Crippen LogP contribution in [0.5, 0.6) is 0 Å². The standard InChI is InChI=1S/C13H20N2O3S2/c1-9(5-13(17)18-4)19-7-10-8-20-11(14-10)6-12(16)15(2)3/h8-9H,5-7H2,1-4H3. The number of nitrogens with zero attached hydrogens (tertiary/aromatic N) is 2. The lowest BCUT2D eigenvalue weighted by Gasteiger charge is -2.08. The van der Waals surface area contributed by atoms with Crippen molar-refractivity contribution in [3.05, 3.63) is 16.1 Å². The fraction of sp³-hybridized carbons (Fsp3) is 0.615. The SMILES string of the molecule is COC(=O)CC(C)SCc1csc(CC(=O)N(C)C)n1. The van der Waals surface area contributed by atoms with Gasteiger partial charge >= 0.3 is 5.97 Å². The lowest BCUT2D eigenvalue weighted by atomic mass is 10.3. The van der Waals surface area contributed by atoms with Crippen molar-refractivity contribution in [2.45, 2.75) is 30.8 Å². The molecular weight excluding hydrogens is 296 g/mol. The molecule has 0 N–H and O–H groups in total. The largest absolute Gasteiger partial charge is 0.469 e. The molecule has 0 aliphatic heterocycles. The van der Waals surface area contributed by atoms with E-state index in [1.54, 1.807) is 30.8 Å². The number of methoxy groups -OCH3 is 1. The third kappa shape index (κ3) is 5.92. The number of esters is 1. The molecule has 1 unspecified atom stereocenters. The van der Waals surface area contributed by atoms with Gasteiger partial charge in [0.2, 0.25) is 5.91 Å². The number of rotatable bonds is 7. The van der Waals surface area contributed by atoms with Gasteiger partial charge in [0.05, 0.1) is 25.6 Å². The summed E-state index contributed by atoms with van der Waals surface area (Å²) in [6.07, 6.45) is 0.747. The predicted octanol–water partition coefficient (Wildman–Crippen LogP) is 1.96. The van der Waals surface area contributed by atoms with Gasteiger partial charge in [-0.05, 0) is 0 Å². The zero-order chi connectivity index (χ0) is 15.1. The van der Waals surface area contributed by atoms with Gasteiger partial charge in [-0.15, -0.1) is 11.3 Å². The topological polar surface area (TPSA) is 59.5 Å². The number of aromatic nitrogens is 1. The first-order valence-electron chi connectivity index (χ1n) is 6.24. The van der Waals surface area contributed by atoms with Gasteiger partial charge in [0.15, 0.2) is 0 Å². The minimum Gasteiger partial charge on any atom is -0.469 e. The third-order valence-electron chi connectivity index (χ3n) is 2.60. The van der Waals surface area contributed by atoms with Crippen LogP contribution in [0.1, 0.15) is 24.0 Å². The number of hydrogen-bond donors (Lipinski definition) is 0. The second kappa shape index (κ2) is 8.26. The van der Waals surface area contributed by atoms with E-state index < -0.39 is 0 Å². The molecule has 0 aliphatic carbocycles. The minimum atomic E-state index is -0.194. The number of hydrogen-bond acceptors (Lipinski definition) is 6. The van der Waals surface area contributed by atoms with Gasteiger partial charge in [0.25, 0.3) is 0 Å². The highest BCUT2D eigenvalue weighted by Crippen LogP contribution is 2.22. The van der Waals surface area contributed by atoms with Gasteiger partial charge in [-0.3, -0.25) is 9.59 Å². The normalized spacial score (nSPS) is 12.0. The maximum atomic E-state index is 11.6. The number of carbonyl (C=O) groups excluding carboxylic acids is 2.